The number of carbonyl (C=O) groups excluding carboxylic acids is 1. The number of halogens is 2. The molecule has 4 aromatic carbocycles. The van der Waals surface area contributed by atoms with Crippen LogP contribution >= 0.6 is 0 Å². The molecule has 0 spiro atoms. The van der Waals surface area contributed by atoms with E-state index in [1.165, 1.54) is 24.3 Å². The molecule has 4 aromatic rings. The van der Waals surface area contributed by atoms with Crippen molar-refractivity contribution in [3.63, 3.8) is 0 Å². The number of carbonyl (C=O) groups is 1. The molecule has 1 aliphatic heterocycles. The molecule has 0 unspecified atom stereocenters. The minimum atomic E-state index is -0.465. The quantitative estimate of drug-likeness (QED) is 0.137. The molecule has 0 fully saturated rings. The first-order valence-electron chi connectivity index (χ1n) is 12.1. The Morgan fingerprint density at radius 1 is 0.725 bits per heavy atom. The summed E-state index contributed by atoms with van der Waals surface area (Å²) in [5, 5.41) is 16.0. The van der Waals surface area contributed by atoms with Gasteiger partial charge in [-0.05, 0) is 48.5 Å². The molecular weight excluding hydrogens is 512 g/mol. The number of phenols is 1. The van der Waals surface area contributed by atoms with Gasteiger partial charge >= 0.3 is 0 Å². The van der Waals surface area contributed by atoms with Gasteiger partial charge in [0.1, 0.15) is 28.7 Å². The molecule has 0 amide bonds. The molecule has 1 aliphatic carbocycles. The van der Waals surface area contributed by atoms with E-state index in [2.05, 4.69) is 0 Å². The summed E-state index contributed by atoms with van der Waals surface area (Å²) in [4.78, 5) is 9.99. The van der Waals surface area contributed by atoms with Crippen molar-refractivity contribution in [3.8, 4) is 28.2 Å². The molecule has 8 heteroatoms. The van der Waals surface area contributed by atoms with Gasteiger partial charge in [0, 0.05) is 51.7 Å². The number of benzene rings is 5. The zero-order chi connectivity index (χ0) is 28.6. The highest BCUT2D eigenvalue weighted by molar-refractivity contribution is 6.02. The lowest BCUT2D eigenvalue weighted by Crippen LogP contribution is -2.44. The summed E-state index contributed by atoms with van der Waals surface area (Å²) in [6, 6.07) is 29.8. The first-order valence-corrected chi connectivity index (χ1v) is 12.1. The predicted octanol–water partition coefficient (Wildman–Crippen LogP) is 5.20. The van der Waals surface area contributed by atoms with E-state index >= 15 is 0 Å². The Morgan fingerprint density at radius 3 is 2.05 bits per heavy atom. The van der Waals surface area contributed by atoms with E-state index in [0.717, 1.165) is 16.5 Å². The van der Waals surface area contributed by atoms with Crippen molar-refractivity contribution in [3.05, 3.63) is 132 Å². The van der Waals surface area contributed by atoms with Crippen molar-refractivity contribution < 1.29 is 28.5 Å². The van der Waals surface area contributed by atoms with E-state index in [0.29, 0.717) is 39.9 Å². The number of fused-ring (bicyclic) bond motifs is 2. The maximum Gasteiger partial charge on any atom is 0.200 e. The average Bonchev–Trinajstić information content (AvgIpc) is 2.93. The van der Waals surface area contributed by atoms with Crippen LogP contribution in [0.4, 0.5) is 20.2 Å². The van der Waals surface area contributed by atoms with Gasteiger partial charge < -0.3 is 21.0 Å². The standard InChI is InChI=1S/C19H13FN2O.C7H5FO.C6H7NO/c20-16-4-2-1-3-13(16)19-14-7-5-11(21)9-17(14)23-18-10-12(22)6-8-15(18)19;8-7-4-2-1-3-6(7)5-9;7-5-2-1-3-6(8)4-5/h1-10,21H,22H2;1-5H;1-4,8H,7H2/p+1. The third-order valence-corrected chi connectivity index (χ3v) is 5.82. The van der Waals surface area contributed by atoms with E-state index in [-0.39, 0.29) is 17.1 Å². The topological polar surface area (TPSA) is 128 Å². The average molecular weight is 539 g/mol. The zero-order valence-corrected chi connectivity index (χ0v) is 21.2. The molecule has 0 bridgehead atoms. The van der Waals surface area contributed by atoms with Gasteiger partial charge in [-0.25, -0.2) is 8.78 Å². The van der Waals surface area contributed by atoms with Crippen LogP contribution in [-0.4, -0.2) is 11.4 Å². The lowest BCUT2D eigenvalue weighted by Gasteiger charge is -2.15. The molecule has 40 heavy (non-hydrogen) atoms. The molecule has 2 aliphatic rings. The summed E-state index contributed by atoms with van der Waals surface area (Å²) in [5.41, 5.74) is 15.1. The number of phenolic OH excluding ortho intramolecular Hbond substituents is 1. The minimum absolute atomic E-state index is 0.109. The Bertz CT molecular complexity index is 1800. The number of nitrogen functional groups attached to an aromatic ring is 2. The van der Waals surface area contributed by atoms with Crippen molar-refractivity contribution in [1.29, 1.82) is 0 Å². The number of aromatic hydroxyl groups is 1. The van der Waals surface area contributed by atoms with E-state index in [1.54, 1.807) is 66.7 Å². The highest BCUT2D eigenvalue weighted by Gasteiger charge is 2.19. The Balaban J connectivity index is 0.000000178. The van der Waals surface area contributed by atoms with Crippen molar-refractivity contribution >= 4 is 28.6 Å². The van der Waals surface area contributed by atoms with Crippen LogP contribution in [0.15, 0.2) is 114 Å². The molecular formula is C32H26F2N3O3+. The van der Waals surface area contributed by atoms with Crippen LogP contribution in [0.3, 0.4) is 0 Å². The van der Waals surface area contributed by atoms with Gasteiger partial charge in [-0.3, -0.25) is 10.2 Å². The van der Waals surface area contributed by atoms with E-state index in [9.17, 15) is 13.6 Å². The van der Waals surface area contributed by atoms with Crippen molar-refractivity contribution in [1.82, 2.24) is 0 Å². The number of hydrogen-bond acceptors (Lipinski definition) is 5. The summed E-state index contributed by atoms with van der Waals surface area (Å²) >= 11 is 0. The first-order chi connectivity index (χ1) is 19.3. The monoisotopic (exact) mass is 538 g/mol. The molecule has 6 rings (SSSR count). The van der Waals surface area contributed by atoms with Gasteiger partial charge in [0.05, 0.1) is 11.6 Å². The van der Waals surface area contributed by atoms with Crippen LogP contribution in [0.2, 0.25) is 0 Å². The summed E-state index contributed by atoms with van der Waals surface area (Å²) < 4.78 is 32.7. The lowest BCUT2D eigenvalue weighted by molar-refractivity contribution is -0.172. The van der Waals surface area contributed by atoms with Gasteiger partial charge in [0.2, 0.25) is 0 Å². The molecule has 0 saturated carbocycles. The van der Waals surface area contributed by atoms with Gasteiger partial charge in [-0.2, -0.15) is 0 Å². The largest absolute Gasteiger partial charge is 0.508 e. The molecule has 6 nitrogen and oxygen atoms in total. The maximum atomic E-state index is 14.4. The van der Waals surface area contributed by atoms with Gasteiger partial charge in [0.25, 0.3) is 0 Å². The molecule has 200 valence electrons. The fourth-order valence-electron chi connectivity index (χ4n) is 3.97. The maximum absolute atomic E-state index is 14.4. The number of aldehydes is 1. The second-order valence-corrected chi connectivity index (χ2v) is 8.70. The van der Waals surface area contributed by atoms with E-state index < -0.39 is 5.82 Å². The summed E-state index contributed by atoms with van der Waals surface area (Å²) in [6.07, 6.45) is 0.495. The zero-order valence-electron chi connectivity index (χ0n) is 21.2. The lowest BCUT2D eigenvalue weighted by atomic mass is 9.93. The third-order valence-electron chi connectivity index (χ3n) is 5.82. The smallest absolute Gasteiger partial charge is 0.200 e. The second-order valence-electron chi connectivity index (χ2n) is 8.70. The number of nitrogens with two attached hydrogens (primary N) is 3. The van der Waals surface area contributed by atoms with Crippen LogP contribution in [0, 0.1) is 11.6 Å². The van der Waals surface area contributed by atoms with Crippen LogP contribution in [0.1, 0.15) is 10.4 Å². The SMILES string of the molecule is Nc1ccc2c(-c3ccccc3F)c3ccc(=[NH2+])cc-3oc2c1.Nc1cccc(O)c1.O=Cc1ccccc1F. The Kier molecular flexibility index (Phi) is 8.51. The molecule has 0 aromatic heterocycles. The Morgan fingerprint density at radius 2 is 1.43 bits per heavy atom. The predicted molar refractivity (Wildman–Crippen MR) is 152 cm³/mol. The van der Waals surface area contributed by atoms with Gasteiger partial charge in [-0.15, -0.1) is 0 Å². The van der Waals surface area contributed by atoms with Gasteiger partial charge in [0.15, 0.2) is 11.6 Å². The fourth-order valence-corrected chi connectivity index (χ4v) is 3.97. The molecule has 7 N–H and O–H groups in total. The normalized spacial score (nSPS) is 10.2. The van der Waals surface area contributed by atoms with E-state index in [1.807, 2.05) is 18.2 Å². The van der Waals surface area contributed by atoms with Crippen LogP contribution in [0.25, 0.3) is 33.4 Å². The van der Waals surface area contributed by atoms with Crippen molar-refractivity contribution in [2.75, 3.05) is 11.5 Å². The third kappa shape index (κ3) is 6.49. The number of rotatable bonds is 2. The Labute approximate surface area is 228 Å². The van der Waals surface area contributed by atoms with Gasteiger partial charge in [-0.1, -0.05) is 36.4 Å². The number of anilines is 2. The van der Waals surface area contributed by atoms with E-state index in [4.69, 9.17) is 26.4 Å². The number of hydrogen-bond donors (Lipinski definition) is 4. The fraction of sp³-hybridized carbons (Fsp3) is 0. The summed E-state index contributed by atoms with van der Waals surface area (Å²) in [5.74, 6) is 0.0637. The first kappa shape index (κ1) is 27.5. The van der Waals surface area contributed by atoms with Crippen LogP contribution in [-0.2, 0) is 0 Å². The highest BCUT2D eigenvalue weighted by Crippen LogP contribution is 2.40. The molecule has 0 atom stereocenters. The molecule has 0 saturated heterocycles. The van der Waals surface area contributed by atoms with Crippen molar-refractivity contribution in [2.24, 2.45) is 0 Å². The van der Waals surface area contributed by atoms with Crippen LogP contribution < -0.4 is 22.2 Å². The highest BCUT2D eigenvalue weighted by atomic mass is 19.1. The second kappa shape index (κ2) is 12.4. The minimum Gasteiger partial charge on any atom is -0.508 e. The molecule has 1 heterocycles. The Hall–Kier alpha value is -5.50. The summed E-state index contributed by atoms with van der Waals surface area (Å²) in [7, 11) is 0. The molecule has 0 radical (unpaired) electrons. The van der Waals surface area contributed by atoms with Crippen molar-refractivity contribution in [2.45, 2.75) is 0 Å². The summed E-state index contributed by atoms with van der Waals surface area (Å²) in [6.45, 7) is 0. The van der Waals surface area contributed by atoms with Crippen LogP contribution in [0.5, 0.6) is 5.75 Å².